The molecule has 0 fully saturated rings. The molecule has 0 heterocycles. The van der Waals surface area contributed by atoms with E-state index in [1.165, 1.54) is 13.2 Å². The van der Waals surface area contributed by atoms with E-state index in [1.54, 1.807) is 12.1 Å². The van der Waals surface area contributed by atoms with Crippen molar-refractivity contribution < 1.29 is 9.66 Å². The number of ether oxygens (including phenoxy) is 1. The van der Waals surface area contributed by atoms with Crippen molar-refractivity contribution in [3.63, 3.8) is 0 Å². The molecular formula is C13H16N2O3. The Labute approximate surface area is 106 Å². The Hall–Kier alpha value is -2.22. The van der Waals surface area contributed by atoms with E-state index >= 15 is 0 Å². The standard InChI is InChI=1S/C13H16N2O3/c1-4-6-10(5-2)14-11-7-8-12(15(16)17)13(9-11)18-3/h2,7-10,14H,4,6H2,1,3H3. The van der Waals surface area contributed by atoms with Gasteiger partial charge in [-0.1, -0.05) is 19.3 Å². The maximum Gasteiger partial charge on any atom is 0.311 e. The highest BCUT2D eigenvalue weighted by Crippen LogP contribution is 2.30. The van der Waals surface area contributed by atoms with Crippen molar-refractivity contribution in [1.82, 2.24) is 0 Å². The Balaban J connectivity index is 2.92. The van der Waals surface area contributed by atoms with Gasteiger partial charge in [-0.25, -0.2) is 0 Å². The number of rotatable bonds is 6. The smallest absolute Gasteiger partial charge is 0.311 e. The van der Waals surface area contributed by atoms with Crippen LogP contribution in [0.4, 0.5) is 11.4 Å². The summed E-state index contributed by atoms with van der Waals surface area (Å²) < 4.78 is 4.99. The average molecular weight is 248 g/mol. The molecule has 0 saturated carbocycles. The first-order chi connectivity index (χ1) is 8.62. The number of nitrogens with zero attached hydrogens (tertiary/aromatic N) is 1. The normalized spacial score (nSPS) is 11.4. The van der Waals surface area contributed by atoms with E-state index in [2.05, 4.69) is 11.2 Å². The minimum absolute atomic E-state index is 0.0594. The third kappa shape index (κ3) is 3.39. The van der Waals surface area contributed by atoms with E-state index in [-0.39, 0.29) is 17.5 Å². The maximum atomic E-state index is 10.7. The van der Waals surface area contributed by atoms with Gasteiger partial charge in [-0.3, -0.25) is 10.1 Å². The number of hydrogen-bond donors (Lipinski definition) is 1. The quantitative estimate of drug-likeness (QED) is 0.477. The second-order valence-corrected chi connectivity index (χ2v) is 3.80. The fraction of sp³-hybridized carbons (Fsp3) is 0.385. The topological polar surface area (TPSA) is 64.4 Å². The van der Waals surface area contributed by atoms with Crippen LogP contribution in [0, 0.1) is 22.5 Å². The number of benzene rings is 1. The molecule has 0 aromatic heterocycles. The van der Waals surface area contributed by atoms with Crippen LogP contribution >= 0.6 is 0 Å². The van der Waals surface area contributed by atoms with Crippen LogP contribution in [0.15, 0.2) is 18.2 Å². The monoisotopic (exact) mass is 248 g/mol. The molecule has 0 aliphatic heterocycles. The van der Waals surface area contributed by atoms with Crippen LogP contribution in [0.2, 0.25) is 0 Å². The van der Waals surface area contributed by atoms with Gasteiger partial charge in [-0.15, -0.1) is 6.42 Å². The van der Waals surface area contributed by atoms with Crippen molar-refractivity contribution in [1.29, 1.82) is 0 Å². The largest absolute Gasteiger partial charge is 0.490 e. The molecule has 1 atom stereocenters. The maximum absolute atomic E-state index is 10.7. The molecule has 0 bridgehead atoms. The lowest BCUT2D eigenvalue weighted by atomic mass is 10.1. The first kappa shape index (κ1) is 13.8. The van der Waals surface area contributed by atoms with E-state index < -0.39 is 4.92 Å². The second kappa shape index (κ2) is 6.50. The minimum atomic E-state index is -0.479. The molecule has 0 radical (unpaired) electrons. The zero-order valence-corrected chi connectivity index (χ0v) is 10.5. The van der Waals surface area contributed by atoms with Gasteiger partial charge in [0.1, 0.15) is 0 Å². The number of nitro benzene ring substituents is 1. The first-order valence-electron chi connectivity index (χ1n) is 5.67. The molecule has 96 valence electrons. The molecule has 0 spiro atoms. The Morgan fingerprint density at radius 3 is 2.83 bits per heavy atom. The molecule has 18 heavy (non-hydrogen) atoms. The van der Waals surface area contributed by atoms with Crippen LogP contribution in [-0.2, 0) is 0 Å². The van der Waals surface area contributed by atoms with Crippen LogP contribution in [0.1, 0.15) is 19.8 Å². The van der Waals surface area contributed by atoms with Crippen LogP contribution in [-0.4, -0.2) is 18.1 Å². The SMILES string of the molecule is C#CC(CCC)Nc1ccc([N+](=O)[O-])c(OC)c1. The zero-order valence-electron chi connectivity index (χ0n) is 10.5. The fourth-order valence-corrected chi connectivity index (χ4v) is 1.61. The van der Waals surface area contributed by atoms with Crippen molar-refractivity contribution in [2.75, 3.05) is 12.4 Å². The molecule has 1 aromatic carbocycles. The van der Waals surface area contributed by atoms with Gasteiger partial charge in [0.15, 0.2) is 5.75 Å². The van der Waals surface area contributed by atoms with Crippen LogP contribution in [0.25, 0.3) is 0 Å². The van der Waals surface area contributed by atoms with E-state index in [1.807, 2.05) is 6.92 Å². The van der Waals surface area contributed by atoms with Crippen molar-refractivity contribution >= 4 is 11.4 Å². The summed E-state index contributed by atoms with van der Waals surface area (Å²) >= 11 is 0. The van der Waals surface area contributed by atoms with Gasteiger partial charge in [-0.05, 0) is 12.5 Å². The Kier molecular flexibility index (Phi) is 5.00. The third-order valence-electron chi connectivity index (χ3n) is 2.50. The van der Waals surface area contributed by atoms with Gasteiger partial charge in [-0.2, -0.15) is 0 Å². The summed E-state index contributed by atoms with van der Waals surface area (Å²) in [4.78, 5) is 10.3. The summed E-state index contributed by atoms with van der Waals surface area (Å²) in [5, 5.41) is 13.9. The lowest BCUT2D eigenvalue weighted by Crippen LogP contribution is -2.16. The summed E-state index contributed by atoms with van der Waals surface area (Å²) in [6.07, 6.45) is 7.21. The van der Waals surface area contributed by atoms with E-state index in [0.29, 0.717) is 5.69 Å². The van der Waals surface area contributed by atoms with Crippen LogP contribution in [0.3, 0.4) is 0 Å². The molecule has 1 rings (SSSR count). The number of nitro groups is 1. The van der Waals surface area contributed by atoms with Gasteiger partial charge in [0.05, 0.1) is 18.1 Å². The predicted molar refractivity (Wildman–Crippen MR) is 70.8 cm³/mol. The fourth-order valence-electron chi connectivity index (χ4n) is 1.61. The number of nitrogens with one attached hydrogen (secondary N) is 1. The zero-order chi connectivity index (χ0) is 13.5. The van der Waals surface area contributed by atoms with Crippen molar-refractivity contribution in [2.24, 2.45) is 0 Å². The summed E-state index contributed by atoms with van der Waals surface area (Å²) in [5.74, 6) is 2.86. The lowest BCUT2D eigenvalue weighted by Gasteiger charge is -2.14. The summed E-state index contributed by atoms with van der Waals surface area (Å²) in [7, 11) is 1.40. The van der Waals surface area contributed by atoms with Gasteiger partial charge in [0.25, 0.3) is 0 Å². The molecule has 1 N–H and O–H groups in total. The Bertz CT molecular complexity index is 466. The number of terminal acetylenes is 1. The van der Waals surface area contributed by atoms with E-state index in [0.717, 1.165) is 12.8 Å². The van der Waals surface area contributed by atoms with E-state index in [4.69, 9.17) is 11.2 Å². The van der Waals surface area contributed by atoms with Crippen molar-refractivity contribution in [3.05, 3.63) is 28.3 Å². The molecule has 0 aliphatic rings. The summed E-state index contributed by atoms with van der Waals surface area (Å²) in [5.41, 5.74) is 0.657. The van der Waals surface area contributed by atoms with Gasteiger partial charge in [0, 0.05) is 17.8 Å². The molecule has 0 aliphatic carbocycles. The second-order valence-electron chi connectivity index (χ2n) is 3.80. The highest BCUT2D eigenvalue weighted by molar-refractivity contribution is 5.58. The molecule has 0 amide bonds. The predicted octanol–water partition coefficient (Wildman–Crippen LogP) is 2.82. The number of hydrogen-bond acceptors (Lipinski definition) is 4. The van der Waals surface area contributed by atoms with E-state index in [9.17, 15) is 10.1 Å². The lowest BCUT2D eigenvalue weighted by molar-refractivity contribution is -0.385. The number of methoxy groups -OCH3 is 1. The molecular weight excluding hydrogens is 232 g/mol. The highest BCUT2D eigenvalue weighted by atomic mass is 16.6. The minimum Gasteiger partial charge on any atom is -0.490 e. The van der Waals surface area contributed by atoms with Gasteiger partial charge < -0.3 is 10.1 Å². The number of anilines is 1. The molecule has 5 nitrogen and oxygen atoms in total. The first-order valence-corrected chi connectivity index (χ1v) is 5.67. The summed E-state index contributed by atoms with van der Waals surface area (Å²) in [6, 6.07) is 4.53. The third-order valence-corrected chi connectivity index (χ3v) is 2.50. The van der Waals surface area contributed by atoms with Gasteiger partial charge >= 0.3 is 5.69 Å². The van der Waals surface area contributed by atoms with Gasteiger partial charge in [0.2, 0.25) is 0 Å². The molecule has 1 unspecified atom stereocenters. The molecule has 5 heteroatoms. The van der Waals surface area contributed by atoms with Crippen molar-refractivity contribution in [2.45, 2.75) is 25.8 Å². The Morgan fingerprint density at radius 2 is 2.33 bits per heavy atom. The molecule has 0 saturated heterocycles. The van der Waals surface area contributed by atoms with Crippen LogP contribution in [0.5, 0.6) is 5.75 Å². The van der Waals surface area contributed by atoms with Crippen molar-refractivity contribution in [3.8, 4) is 18.1 Å². The van der Waals surface area contributed by atoms with Crippen LogP contribution < -0.4 is 10.1 Å². The average Bonchev–Trinajstić information content (AvgIpc) is 2.37. The molecule has 1 aromatic rings. The highest BCUT2D eigenvalue weighted by Gasteiger charge is 2.15. The summed E-state index contributed by atoms with van der Waals surface area (Å²) in [6.45, 7) is 2.04. The Morgan fingerprint density at radius 1 is 1.61 bits per heavy atom.